The zero-order valence-electron chi connectivity index (χ0n) is 11.5. The lowest BCUT2D eigenvalue weighted by Gasteiger charge is -2.12. The van der Waals surface area contributed by atoms with Gasteiger partial charge in [-0.05, 0) is 35.0 Å². The number of phenolic OH excluding ortho intramolecular Hbond substituents is 1. The Kier molecular flexibility index (Phi) is 2.84. The number of carbonyl (C=O) groups is 1. The lowest BCUT2D eigenvalue weighted by Crippen LogP contribution is -1.99. The predicted molar refractivity (Wildman–Crippen MR) is 85.2 cm³/mol. The molecule has 1 N–H and O–H groups in total. The molecule has 0 radical (unpaired) electrons. The second kappa shape index (κ2) is 4.75. The summed E-state index contributed by atoms with van der Waals surface area (Å²) in [4.78, 5) is 12.2. The molecule has 0 fully saturated rings. The smallest absolute Gasteiger partial charge is 0.339 e. The van der Waals surface area contributed by atoms with Crippen LogP contribution in [0.15, 0.2) is 48.5 Å². The molecular weight excluding hydrogens is 300 g/mol. The summed E-state index contributed by atoms with van der Waals surface area (Å²) in [5.74, 6) is -0.150. The Morgan fingerprint density at radius 2 is 1.86 bits per heavy atom. The molecular formula is C18H11ClO3. The molecule has 0 aromatic heterocycles. The van der Waals surface area contributed by atoms with Crippen LogP contribution in [0.3, 0.4) is 0 Å². The predicted octanol–water partition coefficient (Wildman–Crippen LogP) is 4.54. The van der Waals surface area contributed by atoms with Gasteiger partial charge < -0.3 is 9.84 Å². The van der Waals surface area contributed by atoms with Crippen molar-refractivity contribution < 1.29 is 14.6 Å². The van der Waals surface area contributed by atoms with E-state index in [0.29, 0.717) is 10.6 Å². The number of cyclic esters (lactones) is 1. The fourth-order valence-electron chi connectivity index (χ4n) is 2.96. The van der Waals surface area contributed by atoms with Crippen molar-refractivity contribution in [2.45, 2.75) is 6.61 Å². The molecule has 0 saturated heterocycles. The lowest BCUT2D eigenvalue weighted by molar-refractivity contribution is 0.0535. The van der Waals surface area contributed by atoms with E-state index in [1.165, 1.54) is 0 Å². The molecule has 3 aromatic rings. The van der Waals surface area contributed by atoms with E-state index in [4.69, 9.17) is 16.3 Å². The first-order chi connectivity index (χ1) is 10.6. The van der Waals surface area contributed by atoms with E-state index in [9.17, 15) is 9.90 Å². The Labute approximate surface area is 131 Å². The average Bonchev–Trinajstić information content (AvgIpc) is 2.87. The van der Waals surface area contributed by atoms with Crippen molar-refractivity contribution >= 4 is 28.3 Å². The molecule has 0 amide bonds. The van der Waals surface area contributed by atoms with Crippen molar-refractivity contribution in [1.29, 1.82) is 0 Å². The molecule has 1 aliphatic heterocycles. The van der Waals surface area contributed by atoms with E-state index in [0.717, 1.165) is 27.5 Å². The topological polar surface area (TPSA) is 46.5 Å². The van der Waals surface area contributed by atoms with Gasteiger partial charge >= 0.3 is 5.97 Å². The fourth-order valence-corrected chi connectivity index (χ4v) is 3.19. The van der Waals surface area contributed by atoms with Gasteiger partial charge in [0.1, 0.15) is 12.4 Å². The minimum Gasteiger partial charge on any atom is -0.508 e. The van der Waals surface area contributed by atoms with Gasteiger partial charge in [0.05, 0.1) is 5.56 Å². The Morgan fingerprint density at radius 3 is 2.68 bits per heavy atom. The van der Waals surface area contributed by atoms with Crippen molar-refractivity contribution in [3.8, 4) is 16.9 Å². The zero-order valence-corrected chi connectivity index (χ0v) is 12.2. The Bertz CT molecular complexity index is 931. The molecule has 0 atom stereocenters. The molecule has 3 aromatic carbocycles. The maximum Gasteiger partial charge on any atom is 0.339 e. The molecule has 0 unspecified atom stereocenters. The second-order valence-corrected chi connectivity index (χ2v) is 5.65. The number of ether oxygens (including phenoxy) is 1. The largest absolute Gasteiger partial charge is 0.508 e. The van der Waals surface area contributed by atoms with Crippen LogP contribution in [0.4, 0.5) is 0 Å². The number of hydrogen-bond acceptors (Lipinski definition) is 3. The highest BCUT2D eigenvalue weighted by Gasteiger charge is 2.28. The minimum atomic E-state index is -0.333. The first-order valence-electron chi connectivity index (χ1n) is 6.86. The van der Waals surface area contributed by atoms with Crippen LogP contribution >= 0.6 is 11.6 Å². The van der Waals surface area contributed by atoms with Crippen LogP contribution in [0.5, 0.6) is 5.75 Å². The molecule has 4 rings (SSSR count). The highest BCUT2D eigenvalue weighted by molar-refractivity contribution is 6.34. The molecule has 4 heteroatoms. The number of fused-ring (bicyclic) bond motifs is 2. The number of benzene rings is 3. The van der Waals surface area contributed by atoms with E-state index < -0.39 is 0 Å². The SMILES string of the molecule is O=C1OCc2cc3cc(O)ccc3c(-c3ccccc3Cl)c21. The number of hydrogen-bond donors (Lipinski definition) is 1. The van der Waals surface area contributed by atoms with Gasteiger partial charge in [-0.3, -0.25) is 0 Å². The van der Waals surface area contributed by atoms with Crippen LogP contribution in [0, 0.1) is 0 Å². The molecule has 3 nitrogen and oxygen atoms in total. The lowest BCUT2D eigenvalue weighted by atomic mass is 9.90. The fraction of sp³-hybridized carbons (Fsp3) is 0.0556. The summed E-state index contributed by atoms with van der Waals surface area (Å²) in [6.45, 7) is 0.247. The third-order valence-electron chi connectivity index (χ3n) is 3.91. The summed E-state index contributed by atoms with van der Waals surface area (Å²) >= 11 is 6.34. The van der Waals surface area contributed by atoms with Gasteiger partial charge in [0.25, 0.3) is 0 Å². The third-order valence-corrected chi connectivity index (χ3v) is 4.24. The van der Waals surface area contributed by atoms with Crippen molar-refractivity contribution in [3.05, 3.63) is 64.7 Å². The first-order valence-corrected chi connectivity index (χ1v) is 7.23. The number of phenols is 1. The van der Waals surface area contributed by atoms with Gasteiger partial charge in [0.15, 0.2) is 0 Å². The number of esters is 1. The Balaban J connectivity index is 2.18. The van der Waals surface area contributed by atoms with Crippen LogP contribution in [-0.2, 0) is 11.3 Å². The maximum absolute atomic E-state index is 12.2. The third kappa shape index (κ3) is 1.86. The Hall–Kier alpha value is -2.52. The van der Waals surface area contributed by atoms with Crippen molar-refractivity contribution in [2.75, 3.05) is 0 Å². The van der Waals surface area contributed by atoms with E-state index in [2.05, 4.69) is 0 Å². The summed E-state index contributed by atoms with van der Waals surface area (Å²) in [6.07, 6.45) is 0. The summed E-state index contributed by atoms with van der Waals surface area (Å²) < 4.78 is 5.18. The van der Waals surface area contributed by atoms with Crippen molar-refractivity contribution in [3.63, 3.8) is 0 Å². The van der Waals surface area contributed by atoms with Crippen LogP contribution in [-0.4, -0.2) is 11.1 Å². The van der Waals surface area contributed by atoms with Crippen molar-refractivity contribution in [1.82, 2.24) is 0 Å². The zero-order chi connectivity index (χ0) is 15.3. The van der Waals surface area contributed by atoms with Gasteiger partial charge in [0.2, 0.25) is 0 Å². The molecule has 22 heavy (non-hydrogen) atoms. The van der Waals surface area contributed by atoms with Gasteiger partial charge in [-0.2, -0.15) is 0 Å². The quantitative estimate of drug-likeness (QED) is 0.671. The monoisotopic (exact) mass is 310 g/mol. The van der Waals surface area contributed by atoms with Crippen molar-refractivity contribution in [2.24, 2.45) is 0 Å². The number of rotatable bonds is 1. The maximum atomic E-state index is 12.2. The van der Waals surface area contributed by atoms with E-state index in [1.807, 2.05) is 24.3 Å². The van der Waals surface area contributed by atoms with Crippen LogP contribution in [0.1, 0.15) is 15.9 Å². The minimum absolute atomic E-state index is 0.183. The number of halogens is 1. The van der Waals surface area contributed by atoms with Gasteiger partial charge in [-0.25, -0.2) is 4.79 Å². The van der Waals surface area contributed by atoms with E-state index >= 15 is 0 Å². The second-order valence-electron chi connectivity index (χ2n) is 5.25. The van der Waals surface area contributed by atoms with E-state index in [1.54, 1.807) is 24.3 Å². The van der Waals surface area contributed by atoms with Crippen LogP contribution in [0.25, 0.3) is 21.9 Å². The molecule has 0 spiro atoms. The molecule has 0 saturated carbocycles. The Morgan fingerprint density at radius 1 is 1.05 bits per heavy atom. The van der Waals surface area contributed by atoms with Gasteiger partial charge in [0, 0.05) is 21.7 Å². The summed E-state index contributed by atoms with van der Waals surface area (Å²) in [6, 6.07) is 14.4. The van der Waals surface area contributed by atoms with Crippen LogP contribution in [0.2, 0.25) is 5.02 Å². The van der Waals surface area contributed by atoms with E-state index in [-0.39, 0.29) is 18.3 Å². The van der Waals surface area contributed by atoms with Gasteiger partial charge in [-0.15, -0.1) is 0 Å². The number of carbonyl (C=O) groups excluding carboxylic acids is 1. The summed E-state index contributed by atoms with van der Waals surface area (Å²) in [7, 11) is 0. The highest BCUT2D eigenvalue weighted by Crippen LogP contribution is 2.41. The molecule has 0 bridgehead atoms. The van der Waals surface area contributed by atoms with Gasteiger partial charge in [-0.1, -0.05) is 35.9 Å². The van der Waals surface area contributed by atoms with Crippen LogP contribution < -0.4 is 0 Å². The highest BCUT2D eigenvalue weighted by atomic mass is 35.5. The molecule has 108 valence electrons. The standard InChI is InChI=1S/C18H11ClO3/c19-15-4-2-1-3-14(15)17-13-6-5-12(20)8-10(13)7-11-9-22-18(21)16(11)17/h1-8,20H,9H2. The summed E-state index contributed by atoms with van der Waals surface area (Å²) in [5, 5.41) is 12.0. The molecule has 1 heterocycles. The molecule has 0 aliphatic carbocycles. The first kappa shape index (κ1) is 13.2. The number of aromatic hydroxyl groups is 1. The molecule has 1 aliphatic rings. The summed E-state index contributed by atoms with van der Waals surface area (Å²) in [5.41, 5.74) is 2.93. The normalized spacial score (nSPS) is 13.2. The average molecular weight is 311 g/mol.